The molecule has 5 nitrogen and oxygen atoms in total. The first-order chi connectivity index (χ1) is 8.43. The fourth-order valence-corrected chi connectivity index (χ4v) is 3.43. The highest BCUT2D eigenvalue weighted by Crippen LogP contribution is 2.43. The normalized spacial score (nSPS) is 32.1. The molecular weight excluding hydrogens is 214 g/mol. The van der Waals surface area contributed by atoms with Gasteiger partial charge in [-0.05, 0) is 43.4 Å². The number of aromatic nitrogens is 4. The summed E-state index contributed by atoms with van der Waals surface area (Å²) in [6.07, 6.45) is 5.82. The summed E-state index contributed by atoms with van der Waals surface area (Å²) in [5.41, 5.74) is 0.839. The fourth-order valence-electron chi connectivity index (χ4n) is 3.43. The van der Waals surface area contributed by atoms with Gasteiger partial charge >= 0.3 is 0 Å². The summed E-state index contributed by atoms with van der Waals surface area (Å²) in [6.45, 7) is 1.12. The highest BCUT2D eigenvalue weighted by molar-refractivity contribution is 5.35. The van der Waals surface area contributed by atoms with E-state index in [4.69, 9.17) is 0 Å². The molecule has 4 rings (SSSR count). The van der Waals surface area contributed by atoms with E-state index in [1.807, 2.05) is 16.6 Å². The Kier molecular flexibility index (Phi) is 1.96. The van der Waals surface area contributed by atoms with Gasteiger partial charge < -0.3 is 5.32 Å². The summed E-state index contributed by atoms with van der Waals surface area (Å²) in [5.74, 6) is 2.54. The van der Waals surface area contributed by atoms with Crippen LogP contribution in [-0.2, 0) is 0 Å². The van der Waals surface area contributed by atoms with Crippen molar-refractivity contribution in [1.29, 1.82) is 0 Å². The molecule has 1 saturated carbocycles. The third kappa shape index (κ3) is 1.32. The lowest BCUT2D eigenvalue weighted by atomic mass is 9.94. The summed E-state index contributed by atoms with van der Waals surface area (Å²) in [4.78, 5) is 0. The minimum Gasteiger partial charge on any atom is -0.307 e. The van der Waals surface area contributed by atoms with Crippen molar-refractivity contribution in [3.8, 4) is 0 Å². The van der Waals surface area contributed by atoms with Crippen LogP contribution in [0, 0.1) is 11.8 Å². The van der Waals surface area contributed by atoms with Crippen LogP contribution in [0.1, 0.15) is 31.1 Å². The molecule has 0 aromatic carbocycles. The first-order valence-corrected chi connectivity index (χ1v) is 6.33. The molecule has 2 aromatic heterocycles. The number of nitrogens with one attached hydrogen (secondary N) is 1. The Hall–Kier alpha value is -1.49. The minimum atomic E-state index is 0.340. The molecule has 2 aromatic rings. The van der Waals surface area contributed by atoms with Gasteiger partial charge in [0.1, 0.15) is 0 Å². The van der Waals surface area contributed by atoms with Gasteiger partial charge in [-0.2, -0.15) is 9.61 Å². The summed E-state index contributed by atoms with van der Waals surface area (Å²) >= 11 is 0. The number of rotatable bonds is 1. The van der Waals surface area contributed by atoms with E-state index in [9.17, 15) is 0 Å². The van der Waals surface area contributed by atoms with Gasteiger partial charge in [-0.1, -0.05) is 6.42 Å². The van der Waals surface area contributed by atoms with Gasteiger partial charge in [0, 0.05) is 6.20 Å². The van der Waals surface area contributed by atoms with E-state index < -0.39 is 0 Å². The first kappa shape index (κ1) is 9.53. The second-order valence-corrected chi connectivity index (χ2v) is 5.09. The van der Waals surface area contributed by atoms with Crippen LogP contribution >= 0.6 is 0 Å². The predicted octanol–water partition coefficient (Wildman–Crippen LogP) is 1.18. The maximum Gasteiger partial charge on any atom is 0.177 e. The van der Waals surface area contributed by atoms with Gasteiger partial charge in [0.05, 0.1) is 6.04 Å². The Balaban J connectivity index is 1.79. The molecule has 17 heavy (non-hydrogen) atoms. The van der Waals surface area contributed by atoms with Gasteiger partial charge in [0.2, 0.25) is 0 Å². The molecule has 88 valence electrons. The highest BCUT2D eigenvalue weighted by Gasteiger charge is 2.41. The molecule has 5 heteroatoms. The molecule has 1 aliphatic heterocycles. The standard InChI is InChI=1S/C12H15N5/c1-3-8-7-13-11(9(8)4-1)12-16-15-10-5-2-6-14-17(10)12/h2,5-6,8-9,11,13H,1,3-4,7H2. The van der Waals surface area contributed by atoms with Crippen molar-refractivity contribution < 1.29 is 0 Å². The topological polar surface area (TPSA) is 55.1 Å². The molecule has 0 bridgehead atoms. The third-order valence-electron chi connectivity index (χ3n) is 4.23. The fraction of sp³-hybridized carbons (Fsp3) is 0.583. The molecule has 0 amide bonds. The maximum atomic E-state index is 4.35. The van der Waals surface area contributed by atoms with Crippen LogP contribution < -0.4 is 5.32 Å². The second kappa shape index (κ2) is 3.50. The van der Waals surface area contributed by atoms with E-state index in [0.29, 0.717) is 6.04 Å². The predicted molar refractivity (Wildman–Crippen MR) is 62.4 cm³/mol. The van der Waals surface area contributed by atoms with Crippen LogP contribution in [0.15, 0.2) is 18.3 Å². The second-order valence-electron chi connectivity index (χ2n) is 5.09. The Bertz CT molecular complexity index is 549. The van der Waals surface area contributed by atoms with Gasteiger partial charge in [0.15, 0.2) is 11.5 Å². The number of fused-ring (bicyclic) bond motifs is 2. The highest BCUT2D eigenvalue weighted by atomic mass is 15.4. The summed E-state index contributed by atoms with van der Waals surface area (Å²) in [7, 11) is 0. The van der Waals surface area contributed by atoms with Crippen LogP contribution in [0.25, 0.3) is 5.65 Å². The largest absolute Gasteiger partial charge is 0.307 e. The van der Waals surface area contributed by atoms with E-state index in [1.54, 1.807) is 6.20 Å². The van der Waals surface area contributed by atoms with Crippen molar-refractivity contribution in [3.05, 3.63) is 24.2 Å². The first-order valence-electron chi connectivity index (χ1n) is 6.33. The van der Waals surface area contributed by atoms with Crippen LogP contribution in [0.4, 0.5) is 0 Å². The lowest BCUT2D eigenvalue weighted by Crippen LogP contribution is -2.21. The van der Waals surface area contributed by atoms with E-state index in [-0.39, 0.29) is 0 Å². The summed E-state index contributed by atoms with van der Waals surface area (Å²) < 4.78 is 1.87. The Morgan fingerprint density at radius 3 is 3.29 bits per heavy atom. The lowest BCUT2D eigenvalue weighted by molar-refractivity contribution is 0.402. The Morgan fingerprint density at radius 2 is 2.29 bits per heavy atom. The van der Waals surface area contributed by atoms with Crippen molar-refractivity contribution in [2.75, 3.05) is 6.54 Å². The lowest BCUT2D eigenvalue weighted by Gasteiger charge is -2.15. The van der Waals surface area contributed by atoms with Gasteiger partial charge in [-0.3, -0.25) is 0 Å². The number of nitrogens with zero attached hydrogens (tertiary/aromatic N) is 4. The van der Waals surface area contributed by atoms with Crippen molar-refractivity contribution >= 4 is 5.65 Å². The zero-order valence-corrected chi connectivity index (χ0v) is 9.58. The average molecular weight is 229 g/mol. The van der Waals surface area contributed by atoms with Crippen molar-refractivity contribution in [2.24, 2.45) is 11.8 Å². The quantitative estimate of drug-likeness (QED) is 0.798. The molecule has 2 fully saturated rings. The van der Waals surface area contributed by atoms with Gasteiger partial charge in [-0.25, -0.2) is 0 Å². The van der Waals surface area contributed by atoms with E-state index in [1.165, 1.54) is 19.3 Å². The van der Waals surface area contributed by atoms with E-state index in [0.717, 1.165) is 29.9 Å². The Labute approximate surface area is 99.2 Å². The molecular formula is C12H15N5. The zero-order valence-electron chi connectivity index (χ0n) is 9.58. The molecule has 0 spiro atoms. The molecule has 2 aliphatic rings. The van der Waals surface area contributed by atoms with Crippen molar-refractivity contribution in [1.82, 2.24) is 25.1 Å². The SMILES string of the molecule is c1cnn2c(C3NCC4CCCC43)nnc2c1. The zero-order chi connectivity index (χ0) is 11.2. The van der Waals surface area contributed by atoms with Crippen molar-refractivity contribution in [3.63, 3.8) is 0 Å². The van der Waals surface area contributed by atoms with Gasteiger partial charge in [0.25, 0.3) is 0 Å². The maximum absolute atomic E-state index is 4.35. The molecule has 3 unspecified atom stereocenters. The molecule has 1 aliphatic carbocycles. The molecule has 1 N–H and O–H groups in total. The third-order valence-corrected chi connectivity index (χ3v) is 4.23. The Morgan fingerprint density at radius 1 is 1.29 bits per heavy atom. The number of hydrogen-bond donors (Lipinski definition) is 1. The summed E-state index contributed by atoms with van der Waals surface area (Å²) in [6, 6.07) is 4.19. The van der Waals surface area contributed by atoms with Crippen molar-refractivity contribution in [2.45, 2.75) is 25.3 Å². The van der Waals surface area contributed by atoms with E-state index in [2.05, 4.69) is 20.6 Å². The molecule has 3 atom stereocenters. The molecule has 3 heterocycles. The van der Waals surface area contributed by atoms with E-state index >= 15 is 0 Å². The molecule has 1 saturated heterocycles. The average Bonchev–Trinajstić information content (AvgIpc) is 3.02. The minimum absolute atomic E-state index is 0.340. The smallest absolute Gasteiger partial charge is 0.177 e. The van der Waals surface area contributed by atoms with Crippen LogP contribution in [0.3, 0.4) is 0 Å². The van der Waals surface area contributed by atoms with Crippen LogP contribution in [-0.4, -0.2) is 26.4 Å². The number of hydrogen-bond acceptors (Lipinski definition) is 4. The monoisotopic (exact) mass is 229 g/mol. The van der Waals surface area contributed by atoms with Crippen LogP contribution in [0.5, 0.6) is 0 Å². The van der Waals surface area contributed by atoms with Gasteiger partial charge in [-0.15, -0.1) is 10.2 Å². The van der Waals surface area contributed by atoms with Crippen LogP contribution in [0.2, 0.25) is 0 Å². The molecule has 0 radical (unpaired) electrons. The summed E-state index contributed by atoms with van der Waals surface area (Å²) in [5, 5.41) is 16.5.